The number of nitrogens with zero attached hydrogens (tertiary/aromatic N) is 2. The van der Waals surface area contributed by atoms with Gasteiger partial charge in [-0.3, -0.25) is 24.6 Å². The van der Waals surface area contributed by atoms with Crippen molar-refractivity contribution in [3.05, 3.63) is 59.5 Å². The number of halogens is 6. The Kier molecular flexibility index (Phi) is 7.47. The number of carbonyl (C=O) groups excluding carboxylic acids is 3. The molecule has 0 saturated carbocycles. The molecule has 4 atom stereocenters. The highest BCUT2D eigenvalue weighted by atomic mass is 19.4. The lowest BCUT2D eigenvalue weighted by Crippen LogP contribution is -2.63. The molecule has 1 aromatic heterocycles. The van der Waals surface area contributed by atoms with Crippen molar-refractivity contribution in [3.63, 3.8) is 0 Å². The van der Waals surface area contributed by atoms with E-state index in [1.807, 2.05) is 0 Å². The average molecular weight is 575 g/mol. The molecular formula is C25H23F6N3O6. The number of carboxylic acids is 1. The van der Waals surface area contributed by atoms with Crippen LogP contribution in [0.2, 0.25) is 0 Å². The van der Waals surface area contributed by atoms with Gasteiger partial charge in [-0.15, -0.1) is 0 Å². The summed E-state index contributed by atoms with van der Waals surface area (Å²) in [6, 6.07) is 7.23. The summed E-state index contributed by atoms with van der Waals surface area (Å²) in [5, 5.41) is 10.4. The maximum absolute atomic E-state index is 13.7. The number of fused-ring (bicyclic) bond motifs is 2. The SMILES string of the molecule is CN1C(=O)[C@H]2[C@@H](c3ccc(C(F)(F)F)cc3)N[C@]3(CCCN(Cc4ccco4)C3=O)[C@H]2C1=O.O=C(O)C(F)(F)F. The number of hydrogen-bond acceptors (Lipinski definition) is 6. The number of rotatable bonds is 3. The molecule has 0 bridgehead atoms. The number of imide groups is 1. The van der Waals surface area contributed by atoms with Crippen LogP contribution in [0.1, 0.15) is 35.8 Å². The Morgan fingerprint density at radius 2 is 1.70 bits per heavy atom. The molecule has 0 radical (unpaired) electrons. The number of aliphatic carboxylic acids is 1. The second-order valence-corrected chi connectivity index (χ2v) is 9.66. The standard InChI is InChI=1S/C23H22F3N3O4.C2HF3O2/c1-28-19(30)16-17(20(28)31)22(9-3-10-29(21(22)32)12-15-4-2-11-33-15)27-18(16)13-5-7-14(8-6-13)23(24,25)26;3-2(4,5)1(6)7/h2,4-8,11,16-18,27H,3,9-10,12H2,1H3;(H,6,7)/t16-,17-,18-,22-;/m1./s1. The van der Waals surface area contributed by atoms with Gasteiger partial charge >= 0.3 is 18.3 Å². The fourth-order valence-corrected chi connectivity index (χ4v) is 5.52. The van der Waals surface area contributed by atoms with Gasteiger partial charge in [0.2, 0.25) is 17.7 Å². The third-order valence-electron chi connectivity index (χ3n) is 7.31. The molecule has 3 fully saturated rings. The van der Waals surface area contributed by atoms with Crippen molar-refractivity contribution in [2.75, 3.05) is 13.6 Å². The zero-order valence-corrected chi connectivity index (χ0v) is 20.8. The first kappa shape index (κ1) is 29.1. The van der Waals surface area contributed by atoms with E-state index in [2.05, 4.69) is 5.32 Å². The van der Waals surface area contributed by atoms with Crippen LogP contribution >= 0.6 is 0 Å². The number of hydrogen-bond donors (Lipinski definition) is 2. The number of carboxylic acid groups (broad SMARTS) is 1. The van der Waals surface area contributed by atoms with Gasteiger partial charge in [-0.25, -0.2) is 4.79 Å². The normalized spacial score (nSPS) is 26.7. The monoisotopic (exact) mass is 575 g/mol. The van der Waals surface area contributed by atoms with E-state index in [-0.39, 0.29) is 12.5 Å². The van der Waals surface area contributed by atoms with Crippen LogP contribution < -0.4 is 5.32 Å². The van der Waals surface area contributed by atoms with Gasteiger partial charge in [0, 0.05) is 19.6 Å². The summed E-state index contributed by atoms with van der Waals surface area (Å²) in [6.07, 6.45) is -7.10. The second kappa shape index (κ2) is 10.3. The molecule has 40 heavy (non-hydrogen) atoms. The van der Waals surface area contributed by atoms with E-state index < -0.39 is 59.1 Å². The number of carbonyl (C=O) groups is 4. The van der Waals surface area contributed by atoms with Gasteiger partial charge in [0.1, 0.15) is 11.3 Å². The van der Waals surface area contributed by atoms with Gasteiger partial charge in [0.15, 0.2) is 0 Å². The molecule has 216 valence electrons. The highest BCUT2D eigenvalue weighted by Crippen LogP contribution is 2.52. The van der Waals surface area contributed by atoms with Crippen LogP contribution in [0.5, 0.6) is 0 Å². The third kappa shape index (κ3) is 5.17. The van der Waals surface area contributed by atoms with E-state index in [1.54, 1.807) is 17.0 Å². The molecule has 15 heteroatoms. The highest BCUT2D eigenvalue weighted by Gasteiger charge is 2.68. The number of benzene rings is 1. The molecule has 0 aliphatic carbocycles. The Morgan fingerprint density at radius 1 is 1.07 bits per heavy atom. The molecular weight excluding hydrogens is 552 g/mol. The van der Waals surface area contributed by atoms with Gasteiger partial charge in [-0.1, -0.05) is 12.1 Å². The molecule has 9 nitrogen and oxygen atoms in total. The summed E-state index contributed by atoms with van der Waals surface area (Å²) in [5.41, 5.74) is -1.68. The summed E-state index contributed by atoms with van der Waals surface area (Å²) in [6.45, 7) is 0.707. The quantitative estimate of drug-likeness (QED) is 0.426. The van der Waals surface area contributed by atoms with Gasteiger partial charge in [0.25, 0.3) is 0 Å². The molecule has 3 saturated heterocycles. The minimum Gasteiger partial charge on any atom is -0.475 e. The number of furan rings is 1. The average Bonchev–Trinajstić information content (AvgIpc) is 3.56. The first-order valence-corrected chi connectivity index (χ1v) is 12.0. The van der Waals surface area contributed by atoms with Gasteiger partial charge in [-0.2, -0.15) is 26.3 Å². The van der Waals surface area contributed by atoms with Crippen LogP contribution in [0, 0.1) is 11.8 Å². The van der Waals surface area contributed by atoms with Crippen LogP contribution in [0.3, 0.4) is 0 Å². The van der Waals surface area contributed by atoms with Crippen LogP contribution in [0.4, 0.5) is 26.3 Å². The minimum atomic E-state index is -5.08. The van der Waals surface area contributed by atoms with E-state index >= 15 is 0 Å². The highest BCUT2D eigenvalue weighted by molar-refractivity contribution is 6.10. The Hall–Kier alpha value is -3.88. The third-order valence-corrected chi connectivity index (χ3v) is 7.31. The number of alkyl halides is 6. The summed E-state index contributed by atoms with van der Waals surface area (Å²) in [4.78, 5) is 51.4. The molecule has 4 heterocycles. The Balaban J connectivity index is 0.000000470. The molecule has 3 aliphatic heterocycles. The van der Waals surface area contributed by atoms with Crippen LogP contribution in [-0.4, -0.2) is 63.9 Å². The summed E-state index contributed by atoms with van der Waals surface area (Å²) < 4.78 is 76.2. The molecule has 5 rings (SSSR count). The lowest BCUT2D eigenvalue weighted by molar-refractivity contribution is -0.192. The first-order chi connectivity index (χ1) is 18.6. The lowest BCUT2D eigenvalue weighted by Gasteiger charge is -2.42. The van der Waals surface area contributed by atoms with Gasteiger partial charge in [0.05, 0.1) is 30.2 Å². The zero-order valence-electron chi connectivity index (χ0n) is 20.8. The molecule has 0 unspecified atom stereocenters. The fraction of sp³-hybridized carbons (Fsp3) is 0.440. The summed E-state index contributed by atoms with van der Waals surface area (Å²) >= 11 is 0. The molecule has 1 spiro atoms. The van der Waals surface area contributed by atoms with Crippen LogP contribution in [0.15, 0.2) is 47.1 Å². The first-order valence-electron chi connectivity index (χ1n) is 12.0. The van der Waals surface area contributed by atoms with Gasteiger partial charge < -0.3 is 14.4 Å². The maximum Gasteiger partial charge on any atom is 0.490 e. The smallest absolute Gasteiger partial charge is 0.475 e. The number of piperidine rings is 1. The Morgan fingerprint density at radius 3 is 2.23 bits per heavy atom. The molecule has 2 N–H and O–H groups in total. The fourth-order valence-electron chi connectivity index (χ4n) is 5.52. The van der Waals surface area contributed by atoms with Crippen LogP contribution in [0.25, 0.3) is 0 Å². The topological polar surface area (TPSA) is 120 Å². The Labute approximate surface area is 222 Å². The van der Waals surface area contributed by atoms with Crippen molar-refractivity contribution in [2.24, 2.45) is 11.8 Å². The molecule has 3 aliphatic rings. The van der Waals surface area contributed by atoms with Gasteiger partial charge in [-0.05, 0) is 42.7 Å². The largest absolute Gasteiger partial charge is 0.490 e. The Bertz CT molecular complexity index is 1290. The minimum absolute atomic E-state index is 0.232. The van der Waals surface area contributed by atoms with Crippen LogP contribution in [-0.2, 0) is 31.9 Å². The molecule has 1 aromatic carbocycles. The van der Waals surface area contributed by atoms with Crippen molar-refractivity contribution in [2.45, 2.75) is 43.3 Å². The zero-order chi connectivity index (χ0) is 29.6. The van der Waals surface area contributed by atoms with Crippen molar-refractivity contribution in [1.29, 1.82) is 0 Å². The number of likely N-dealkylation sites (tertiary alicyclic amines) is 2. The summed E-state index contributed by atoms with van der Waals surface area (Å²) in [7, 11) is 1.38. The van der Waals surface area contributed by atoms with Crippen molar-refractivity contribution >= 4 is 23.7 Å². The van der Waals surface area contributed by atoms with Crippen molar-refractivity contribution in [1.82, 2.24) is 15.1 Å². The lowest BCUT2D eigenvalue weighted by atomic mass is 9.74. The van der Waals surface area contributed by atoms with E-state index in [1.165, 1.54) is 25.4 Å². The van der Waals surface area contributed by atoms with E-state index in [0.717, 1.165) is 17.0 Å². The summed E-state index contributed by atoms with van der Waals surface area (Å²) in [5.74, 6) is -5.13. The maximum atomic E-state index is 13.7. The molecule has 3 amide bonds. The number of amides is 3. The van der Waals surface area contributed by atoms with Crippen molar-refractivity contribution < 1.29 is 55.0 Å². The van der Waals surface area contributed by atoms with E-state index in [0.29, 0.717) is 30.7 Å². The van der Waals surface area contributed by atoms with E-state index in [9.17, 15) is 40.7 Å². The van der Waals surface area contributed by atoms with Crippen molar-refractivity contribution in [3.8, 4) is 0 Å². The van der Waals surface area contributed by atoms with E-state index in [4.69, 9.17) is 14.3 Å². The second-order valence-electron chi connectivity index (χ2n) is 9.66. The number of nitrogens with one attached hydrogen (secondary N) is 1. The predicted octanol–water partition coefficient (Wildman–Crippen LogP) is 3.37. The predicted molar refractivity (Wildman–Crippen MR) is 122 cm³/mol. The molecule has 2 aromatic rings.